The monoisotopic (exact) mass is 668 g/mol. The molecule has 0 saturated heterocycles. The maximum absolute atomic E-state index is 14.4. The number of Topliss-reactive ketones (excluding diaryl/α,β-unsaturated/α-hetero) is 1. The number of rotatable bonds is 14. The normalized spacial score (nSPS) is 15.6. The van der Waals surface area contributed by atoms with Crippen LogP contribution in [0.2, 0.25) is 5.02 Å². The first-order valence-electron chi connectivity index (χ1n) is 14.7. The van der Waals surface area contributed by atoms with E-state index in [1.54, 1.807) is 61.7 Å². The first-order chi connectivity index (χ1) is 22.6. The number of hydrogen-bond donors (Lipinski definition) is 1. The predicted octanol–water partition coefficient (Wildman–Crippen LogP) is 4.42. The van der Waals surface area contributed by atoms with Gasteiger partial charge in [0.1, 0.15) is 23.7 Å². The number of hydrogen-bond acceptors (Lipinski definition) is 10. The summed E-state index contributed by atoms with van der Waals surface area (Å²) in [5, 5.41) is 2.94. The Morgan fingerprint density at radius 2 is 1.64 bits per heavy atom. The van der Waals surface area contributed by atoms with Crippen molar-refractivity contribution in [3.05, 3.63) is 76.3 Å². The molecule has 47 heavy (non-hydrogen) atoms. The number of halogens is 1. The van der Waals surface area contributed by atoms with Crippen LogP contribution >= 0.6 is 11.6 Å². The third-order valence-corrected chi connectivity index (χ3v) is 7.87. The van der Waals surface area contributed by atoms with Gasteiger partial charge < -0.3 is 38.6 Å². The van der Waals surface area contributed by atoms with Gasteiger partial charge in [-0.1, -0.05) is 23.7 Å². The van der Waals surface area contributed by atoms with Crippen LogP contribution in [0.4, 0.5) is 5.69 Å². The summed E-state index contributed by atoms with van der Waals surface area (Å²) in [7, 11) is 7.29. The highest BCUT2D eigenvalue weighted by Crippen LogP contribution is 2.45. The second-order valence-electron chi connectivity index (χ2n) is 10.5. The van der Waals surface area contributed by atoms with Crippen LogP contribution in [-0.4, -0.2) is 71.8 Å². The molecule has 0 spiro atoms. The van der Waals surface area contributed by atoms with Gasteiger partial charge in [0.15, 0.2) is 17.3 Å². The first kappa shape index (κ1) is 35.1. The summed E-state index contributed by atoms with van der Waals surface area (Å²) >= 11 is 6.51. The van der Waals surface area contributed by atoms with Crippen molar-refractivity contribution in [3.63, 3.8) is 0 Å². The number of para-hydroxylation sites is 1. The Bertz CT molecular complexity index is 1630. The van der Waals surface area contributed by atoms with Crippen LogP contribution in [0.1, 0.15) is 42.1 Å². The number of esters is 1. The van der Waals surface area contributed by atoms with Crippen molar-refractivity contribution in [1.29, 1.82) is 0 Å². The lowest BCUT2D eigenvalue weighted by Gasteiger charge is -2.26. The highest BCUT2D eigenvalue weighted by molar-refractivity contribution is 6.30. The predicted molar refractivity (Wildman–Crippen MR) is 172 cm³/mol. The van der Waals surface area contributed by atoms with Gasteiger partial charge in [0.05, 0.1) is 67.2 Å². The Balaban J connectivity index is 1.76. The number of amides is 2. The zero-order valence-corrected chi connectivity index (χ0v) is 27.5. The van der Waals surface area contributed by atoms with Crippen molar-refractivity contribution in [2.45, 2.75) is 38.0 Å². The summed E-state index contributed by atoms with van der Waals surface area (Å²) in [6, 6.07) is 15.6. The van der Waals surface area contributed by atoms with Gasteiger partial charge in [-0.3, -0.25) is 19.2 Å². The number of benzene rings is 3. The number of fused-ring (bicyclic) bond motifs is 1. The fourth-order valence-electron chi connectivity index (χ4n) is 5.25. The van der Waals surface area contributed by atoms with Gasteiger partial charge in [0.25, 0.3) is 5.91 Å². The van der Waals surface area contributed by atoms with Crippen molar-refractivity contribution in [2.75, 3.05) is 47.0 Å². The van der Waals surface area contributed by atoms with Gasteiger partial charge in [-0.25, -0.2) is 0 Å². The van der Waals surface area contributed by atoms with Gasteiger partial charge >= 0.3 is 5.97 Å². The summed E-state index contributed by atoms with van der Waals surface area (Å²) in [6.45, 7) is -0.275. The molecule has 1 aliphatic heterocycles. The Hall–Kier alpha value is -4.81. The van der Waals surface area contributed by atoms with Gasteiger partial charge in [-0.15, -0.1) is 0 Å². The molecule has 0 aliphatic carbocycles. The van der Waals surface area contributed by atoms with E-state index >= 15 is 0 Å². The average molecular weight is 669 g/mol. The summed E-state index contributed by atoms with van der Waals surface area (Å²) in [6.07, 6.45) is -2.86. The van der Waals surface area contributed by atoms with Crippen molar-refractivity contribution in [2.24, 2.45) is 0 Å². The molecule has 0 saturated carbocycles. The van der Waals surface area contributed by atoms with Crippen LogP contribution in [0.25, 0.3) is 0 Å². The molecule has 0 bridgehead atoms. The molecule has 2 amide bonds. The number of ketones is 1. The first-order valence-corrected chi connectivity index (χ1v) is 15.0. The van der Waals surface area contributed by atoms with E-state index in [4.69, 9.17) is 35.3 Å². The fourth-order valence-corrected chi connectivity index (χ4v) is 5.43. The van der Waals surface area contributed by atoms with E-state index in [1.807, 2.05) is 0 Å². The second-order valence-corrected chi connectivity index (χ2v) is 10.9. The Morgan fingerprint density at radius 3 is 2.32 bits per heavy atom. The molecule has 2 atom stereocenters. The van der Waals surface area contributed by atoms with Gasteiger partial charge in [-0.05, 0) is 36.4 Å². The number of carbonyl (C=O) groups excluding carboxylic acids is 4. The van der Waals surface area contributed by atoms with Crippen LogP contribution in [0, 0.1) is 0 Å². The summed E-state index contributed by atoms with van der Waals surface area (Å²) in [4.78, 5) is 52.8. The standard InChI is InChI=1S/C34H37ClN2O10/c1-42-23-12-9-20(28(16-23)44-3)19-37-26-13-10-21(35)15-25(26)32(24-7-6-8-27(43-2)33(24)46-5)47-29(34(37)41)17-30(39)36-18-22(38)11-14-31(40)45-4/h6-10,12-13,15-16,29,32H,11,14,17-19H2,1-5H3,(H,36,39)/t29-,32-/m1/s1. The number of nitrogens with zero attached hydrogens (tertiary/aromatic N) is 1. The zero-order chi connectivity index (χ0) is 34.1. The smallest absolute Gasteiger partial charge is 0.305 e. The van der Waals surface area contributed by atoms with Gasteiger partial charge in [-0.2, -0.15) is 0 Å². The lowest BCUT2D eigenvalue weighted by Crippen LogP contribution is -2.42. The molecule has 1 N–H and O–H groups in total. The molecule has 0 aromatic heterocycles. The van der Waals surface area contributed by atoms with E-state index in [2.05, 4.69) is 10.1 Å². The average Bonchev–Trinajstić information content (AvgIpc) is 3.19. The summed E-state index contributed by atoms with van der Waals surface area (Å²) in [5.74, 6) is -0.135. The van der Waals surface area contributed by atoms with Gasteiger partial charge in [0.2, 0.25) is 5.91 Å². The number of nitrogens with one attached hydrogen (secondary N) is 1. The van der Waals surface area contributed by atoms with E-state index in [0.717, 1.165) is 0 Å². The van der Waals surface area contributed by atoms with E-state index in [-0.39, 0.29) is 31.7 Å². The molecule has 0 radical (unpaired) electrons. The minimum Gasteiger partial charge on any atom is -0.497 e. The molecule has 250 valence electrons. The Labute approximate surface area is 277 Å². The van der Waals surface area contributed by atoms with E-state index in [9.17, 15) is 19.2 Å². The van der Waals surface area contributed by atoms with Crippen LogP contribution in [0.15, 0.2) is 54.6 Å². The van der Waals surface area contributed by atoms with Crippen molar-refractivity contribution in [3.8, 4) is 23.0 Å². The fraction of sp³-hybridized carbons (Fsp3) is 0.353. The van der Waals surface area contributed by atoms with Crippen molar-refractivity contribution in [1.82, 2.24) is 5.32 Å². The largest absolute Gasteiger partial charge is 0.497 e. The molecule has 4 rings (SSSR count). The number of carbonyl (C=O) groups is 4. The molecule has 3 aromatic rings. The Morgan fingerprint density at radius 1 is 0.872 bits per heavy atom. The summed E-state index contributed by atoms with van der Waals surface area (Å²) in [5.41, 5.74) is 2.24. The number of anilines is 1. The second kappa shape index (κ2) is 16.1. The zero-order valence-electron chi connectivity index (χ0n) is 26.8. The maximum Gasteiger partial charge on any atom is 0.305 e. The van der Waals surface area contributed by atoms with Crippen LogP contribution < -0.4 is 29.2 Å². The molecule has 12 nitrogen and oxygen atoms in total. The van der Waals surface area contributed by atoms with E-state index < -0.39 is 36.4 Å². The summed E-state index contributed by atoms with van der Waals surface area (Å²) < 4.78 is 33.3. The quantitative estimate of drug-likeness (QED) is 0.246. The lowest BCUT2D eigenvalue weighted by atomic mass is 9.97. The highest BCUT2D eigenvalue weighted by Gasteiger charge is 2.39. The third kappa shape index (κ3) is 8.32. The van der Waals surface area contributed by atoms with Crippen molar-refractivity contribution < 1.29 is 47.6 Å². The Kier molecular flexibility index (Phi) is 12.0. The molecule has 0 unspecified atom stereocenters. The molecule has 13 heteroatoms. The molecule has 0 fully saturated rings. The molecule has 1 heterocycles. The molecule has 1 aliphatic rings. The molecular weight excluding hydrogens is 632 g/mol. The molecule has 3 aromatic carbocycles. The third-order valence-electron chi connectivity index (χ3n) is 7.63. The minimum absolute atomic E-state index is 0.0517. The van der Waals surface area contributed by atoms with Gasteiger partial charge in [0, 0.05) is 34.2 Å². The number of methoxy groups -OCH3 is 5. The van der Waals surface area contributed by atoms with E-state index in [1.165, 1.54) is 33.3 Å². The maximum atomic E-state index is 14.4. The van der Waals surface area contributed by atoms with Crippen molar-refractivity contribution >= 4 is 40.9 Å². The van der Waals surface area contributed by atoms with Crippen LogP contribution in [0.5, 0.6) is 23.0 Å². The highest BCUT2D eigenvalue weighted by atomic mass is 35.5. The lowest BCUT2D eigenvalue weighted by molar-refractivity contribution is -0.142. The number of ether oxygens (including phenoxy) is 6. The van der Waals surface area contributed by atoms with Crippen LogP contribution in [0.3, 0.4) is 0 Å². The van der Waals surface area contributed by atoms with E-state index in [0.29, 0.717) is 50.4 Å². The SMILES string of the molecule is COC(=O)CCC(=O)CNC(=O)C[C@H]1O[C@H](c2cccc(OC)c2OC)c2cc(Cl)ccc2N(Cc2ccc(OC)cc2OC)C1=O. The van der Waals surface area contributed by atoms with Crippen LogP contribution in [-0.2, 0) is 35.2 Å². The molecular formula is C34H37ClN2O10. The topological polar surface area (TPSA) is 139 Å². The minimum atomic E-state index is -1.31.